The van der Waals surface area contributed by atoms with Gasteiger partial charge in [0.15, 0.2) is 5.65 Å². The van der Waals surface area contributed by atoms with Gasteiger partial charge in [0.05, 0.1) is 22.3 Å². The molecule has 5 rings (SSSR count). The van der Waals surface area contributed by atoms with E-state index in [0.717, 1.165) is 37.1 Å². The van der Waals surface area contributed by atoms with E-state index in [1.54, 1.807) is 24.3 Å². The number of carbonyl (C=O) groups is 1. The first-order valence-electron chi connectivity index (χ1n) is 11.5. The molecule has 0 spiro atoms. The van der Waals surface area contributed by atoms with Gasteiger partial charge in [0.25, 0.3) is 5.91 Å². The molecule has 1 amide bonds. The van der Waals surface area contributed by atoms with Gasteiger partial charge in [-0.2, -0.15) is 5.10 Å². The van der Waals surface area contributed by atoms with Crippen LogP contribution in [0, 0.1) is 0 Å². The number of H-pyrrole nitrogens is 1. The monoisotopic (exact) mass is 453 g/mol. The minimum Gasteiger partial charge on any atom is -0.508 e. The Balaban J connectivity index is 1.59. The third-order valence-electron chi connectivity index (χ3n) is 6.32. The third kappa shape index (κ3) is 4.56. The molecular weight excluding hydrogens is 426 g/mol. The number of nitrogens with zero attached hydrogens (tertiary/aromatic N) is 2. The molecular formula is C27H27N5O2. The molecule has 1 aliphatic heterocycles. The lowest BCUT2D eigenvalue weighted by Gasteiger charge is -2.35. The van der Waals surface area contributed by atoms with Crippen LogP contribution in [-0.2, 0) is 0 Å². The standard InChI is InChI=1S/C27H27N5O2/c1-27(13-15-28-16-14-27)30-26(34)21-17-23(19-8-10-20(33)11-9-19)29-25-24(21)22(31-32-25)12-7-18-5-3-2-4-6-18/h2-12,17,28,33H,13-16H2,1H3,(H,30,34)(H,29,31,32)/b12-7+. The lowest BCUT2D eigenvalue weighted by molar-refractivity contribution is 0.0889. The zero-order valence-corrected chi connectivity index (χ0v) is 19.0. The number of aromatic amines is 1. The summed E-state index contributed by atoms with van der Waals surface area (Å²) in [6.45, 7) is 3.84. The fraction of sp³-hybridized carbons (Fsp3) is 0.222. The van der Waals surface area contributed by atoms with Crippen molar-refractivity contribution in [2.45, 2.75) is 25.3 Å². The Labute approximate surface area is 197 Å². The van der Waals surface area contributed by atoms with Crippen LogP contribution in [-0.4, -0.2) is 44.8 Å². The number of aromatic nitrogens is 3. The second-order valence-electron chi connectivity index (χ2n) is 8.94. The van der Waals surface area contributed by atoms with Crippen LogP contribution in [0.1, 0.15) is 41.4 Å². The zero-order valence-electron chi connectivity index (χ0n) is 19.0. The Hall–Kier alpha value is -3.97. The number of pyridine rings is 1. The van der Waals surface area contributed by atoms with Gasteiger partial charge in [0, 0.05) is 11.1 Å². The molecule has 4 aromatic rings. The Bertz CT molecular complexity index is 1340. The van der Waals surface area contributed by atoms with E-state index in [0.29, 0.717) is 28.0 Å². The largest absolute Gasteiger partial charge is 0.508 e. The molecule has 1 aliphatic rings. The number of nitrogens with one attached hydrogen (secondary N) is 3. The molecule has 0 aliphatic carbocycles. The van der Waals surface area contributed by atoms with Crippen molar-refractivity contribution in [1.82, 2.24) is 25.8 Å². The molecule has 3 heterocycles. The van der Waals surface area contributed by atoms with Crippen LogP contribution in [0.15, 0.2) is 60.7 Å². The lowest BCUT2D eigenvalue weighted by Crippen LogP contribution is -2.52. The molecule has 2 aromatic heterocycles. The predicted octanol–water partition coefficient (Wildman–Crippen LogP) is 4.37. The second kappa shape index (κ2) is 9.11. The fourth-order valence-electron chi connectivity index (χ4n) is 4.32. The number of hydrogen-bond donors (Lipinski definition) is 4. The van der Waals surface area contributed by atoms with Gasteiger partial charge in [-0.3, -0.25) is 9.89 Å². The zero-order chi connectivity index (χ0) is 23.5. The summed E-state index contributed by atoms with van der Waals surface area (Å²) in [5, 5.41) is 24.4. The number of amides is 1. The molecule has 0 saturated carbocycles. The van der Waals surface area contributed by atoms with Crippen LogP contribution in [0.4, 0.5) is 0 Å². The maximum Gasteiger partial charge on any atom is 0.252 e. The number of phenolic OH excluding ortho intramolecular Hbond substituents is 1. The van der Waals surface area contributed by atoms with Crippen LogP contribution in [0.2, 0.25) is 0 Å². The van der Waals surface area contributed by atoms with Crippen molar-refractivity contribution in [1.29, 1.82) is 0 Å². The molecule has 7 nitrogen and oxygen atoms in total. The summed E-state index contributed by atoms with van der Waals surface area (Å²) >= 11 is 0. The highest BCUT2D eigenvalue weighted by molar-refractivity contribution is 6.09. The van der Waals surface area contributed by atoms with E-state index in [2.05, 4.69) is 27.8 Å². The smallest absolute Gasteiger partial charge is 0.252 e. The first-order valence-corrected chi connectivity index (χ1v) is 11.5. The van der Waals surface area contributed by atoms with Crippen molar-refractivity contribution in [3.63, 3.8) is 0 Å². The van der Waals surface area contributed by atoms with E-state index >= 15 is 0 Å². The average molecular weight is 454 g/mol. The number of carbonyl (C=O) groups excluding carboxylic acids is 1. The van der Waals surface area contributed by atoms with E-state index in [4.69, 9.17) is 4.98 Å². The highest BCUT2D eigenvalue weighted by Gasteiger charge is 2.30. The minimum absolute atomic E-state index is 0.146. The number of piperidine rings is 1. The number of hydrogen-bond acceptors (Lipinski definition) is 5. The first-order chi connectivity index (χ1) is 16.5. The molecule has 7 heteroatoms. The van der Waals surface area contributed by atoms with E-state index in [1.807, 2.05) is 48.6 Å². The number of phenols is 1. The van der Waals surface area contributed by atoms with Crippen molar-refractivity contribution in [2.75, 3.05) is 13.1 Å². The Kier molecular flexibility index (Phi) is 5.86. The maximum atomic E-state index is 13.6. The summed E-state index contributed by atoms with van der Waals surface area (Å²) in [6.07, 6.45) is 5.60. The van der Waals surface area contributed by atoms with Gasteiger partial charge in [-0.25, -0.2) is 4.98 Å². The van der Waals surface area contributed by atoms with Crippen molar-refractivity contribution < 1.29 is 9.90 Å². The molecule has 4 N–H and O–H groups in total. The molecule has 0 atom stereocenters. The van der Waals surface area contributed by atoms with Crippen LogP contribution >= 0.6 is 0 Å². The topological polar surface area (TPSA) is 103 Å². The quantitative estimate of drug-likeness (QED) is 0.359. The molecule has 0 radical (unpaired) electrons. The van der Waals surface area contributed by atoms with Crippen molar-refractivity contribution in [3.8, 4) is 17.0 Å². The van der Waals surface area contributed by atoms with Crippen molar-refractivity contribution in [3.05, 3.63) is 77.5 Å². The Morgan fingerprint density at radius 1 is 1.06 bits per heavy atom. The summed E-state index contributed by atoms with van der Waals surface area (Å²) in [5.41, 5.74) is 3.92. The van der Waals surface area contributed by atoms with Crippen molar-refractivity contribution >= 4 is 29.1 Å². The van der Waals surface area contributed by atoms with E-state index < -0.39 is 0 Å². The lowest BCUT2D eigenvalue weighted by atomic mass is 9.90. The van der Waals surface area contributed by atoms with Gasteiger partial charge >= 0.3 is 0 Å². The molecule has 0 unspecified atom stereocenters. The summed E-state index contributed by atoms with van der Waals surface area (Å²) in [5.74, 6) is 0.0316. The van der Waals surface area contributed by atoms with E-state index in [1.165, 1.54) is 0 Å². The fourth-order valence-corrected chi connectivity index (χ4v) is 4.32. The predicted molar refractivity (Wildman–Crippen MR) is 134 cm³/mol. The Morgan fingerprint density at radius 2 is 1.79 bits per heavy atom. The van der Waals surface area contributed by atoms with Gasteiger partial charge in [0.1, 0.15) is 5.75 Å². The number of fused-ring (bicyclic) bond motifs is 1. The SMILES string of the molecule is CC1(NC(=O)c2cc(-c3ccc(O)cc3)nc3[nH]nc(/C=C/c4ccccc4)c23)CCNCC1. The van der Waals surface area contributed by atoms with Gasteiger partial charge in [-0.15, -0.1) is 0 Å². The van der Waals surface area contributed by atoms with Gasteiger partial charge < -0.3 is 15.7 Å². The average Bonchev–Trinajstić information content (AvgIpc) is 3.26. The van der Waals surface area contributed by atoms with Crippen LogP contribution in [0.25, 0.3) is 34.4 Å². The van der Waals surface area contributed by atoms with E-state index in [-0.39, 0.29) is 17.2 Å². The van der Waals surface area contributed by atoms with Crippen LogP contribution in [0.5, 0.6) is 5.75 Å². The van der Waals surface area contributed by atoms with Gasteiger partial charge in [-0.05, 0) is 74.8 Å². The molecule has 0 bridgehead atoms. The summed E-state index contributed by atoms with van der Waals surface area (Å²) in [4.78, 5) is 18.4. The van der Waals surface area contributed by atoms with Crippen LogP contribution < -0.4 is 10.6 Å². The molecule has 1 saturated heterocycles. The Morgan fingerprint density at radius 3 is 2.53 bits per heavy atom. The third-order valence-corrected chi connectivity index (χ3v) is 6.32. The molecule has 2 aromatic carbocycles. The molecule has 34 heavy (non-hydrogen) atoms. The van der Waals surface area contributed by atoms with E-state index in [9.17, 15) is 9.90 Å². The normalized spacial score (nSPS) is 15.6. The van der Waals surface area contributed by atoms with Gasteiger partial charge in [0.2, 0.25) is 0 Å². The highest BCUT2D eigenvalue weighted by Crippen LogP contribution is 2.29. The number of aromatic hydroxyl groups is 1. The second-order valence-corrected chi connectivity index (χ2v) is 8.94. The minimum atomic E-state index is -0.277. The molecule has 172 valence electrons. The summed E-state index contributed by atoms with van der Waals surface area (Å²) < 4.78 is 0. The summed E-state index contributed by atoms with van der Waals surface area (Å²) in [7, 11) is 0. The number of rotatable bonds is 5. The maximum absolute atomic E-state index is 13.6. The molecule has 1 fully saturated rings. The number of benzene rings is 2. The van der Waals surface area contributed by atoms with Crippen molar-refractivity contribution in [2.24, 2.45) is 0 Å². The van der Waals surface area contributed by atoms with Crippen LogP contribution in [0.3, 0.4) is 0 Å². The summed E-state index contributed by atoms with van der Waals surface area (Å²) in [6, 6.07) is 18.5. The van der Waals surface area contributed by atoms with Gasteiger partial charge in [-0.1, -0.05) is 36.4 Å². The highest BCUT2D eigenvalue weighted by atomic mass is 16.3. The first kappa shape index (κ1) is 21.9.